The maximum absolute atomic E-state index is 2.40. The molecule has 0 spiro atoms. The second-order valence-electron chi connectivity index (χ2n) is 10.9. The standard InChI is InChI=1S/C38H38/c1-25-18-20-33(28(4)21-25)37-30(6)29(5)35(23-31-13-9-7-10-14-31)38(34-22-26(2)17-19-27(34)3)36(37)24-32-15-11-8-12-16-32/h7-22H,23-24H2,1-6H3. The van der Waals surface area contributed by atoms with Gasteiger partial charge < -0.3 is 0 Å². The van der Waals surface area contributed by atoms with Gasteiger partial charge in [-0.15, -0.1) is 0 Å². The predicted molar refractivity (Wildman–Crippen MR) is 164 cm³/mol. The summed E-state index contributed by atoms with van der Waals surface area (Å²) in [6.07, 6.45) is 1.82. The average molecular weight is 495 g/mol. The quantitative estimate of drug-likeness (QED) is 0.220. The smallest absolute Gasteiger partial charge is 0.00132 e. The summed E-state index contributed by atoms with van der Waals surface area (Å²) in [6.45, 7) is 13.6. The second-order valence-corrected chi connectivity index (χ2v) is 10.9. The Morgan fingerprint density at radius 2 is 0.974 bits per heavy atom. The highest BCUT2D eigenvalue weighted by Gasteiger charge is 2.24. The van der Waals surface area contributed by atoms with E-state index in [0.717, 1.165) is 12.8 Å². The van der Waals surface area contributed by atoms with E-state index in [4.69, 9.17) is 0 Å². The summed E-state index contributed by atoms with van der Waals surface area (Å²) >= 11 is 0. The van der Waals surface area contributed by atoms with E-state index in [0.29, 0.717) is 0 Å². The Balaban J connectivity index is 1.91. The third-order valence-electron chi connectivity index (χ3n) is 8.06. The molecular weight excluding hydrogens is 456 g/mol. The van der Waals surface area contributed by atoms with Crippen LogP contribution in [0.3, 0.4) is 0 Å². The monoisotopic (exact) mass is 494 g/mol. The van der Waals surface area contributed by atoms with E-state index < -0.39 is 0 Å². The van der Waals surface area contributed by atoms with E-state index in [2.05, 4.69) is 139 Å². The Kier molecular flexibility index (Phi) is 7.34. The molecular formula is C38H38. The van der Waals surface area contributed by atoms with Crippen molar-refractivity contribution in [1.29, 1.82) is 0 Å². The molecule has 5 aromatic carbocycles. The number of hydrogen-bond acceptors (Lipinski definition) is 0. The third-order valence-corrected chi connectivity index (χ3v) is 8.06. The van der Waals surface area contributed by atoms with Crippen molar-refractivity contribution in [1.82, 2.24) is 0 Å². The minimum Gasteiger partial charge on any atom is -0.0622 e. The molecule has 0 radical (unpaired) electrons. The SMILES string of the molecule is Cc1ccc(-c2c(C)c(C)c(Cc3ccccc3)c(-c3cc(C)ccc3C)c2Cc2ccccc2)c(C)c1. The molecule has 0 saturated carbocycles. The van der Waals surface area contributed by atoms with Crippen molar-refractivity contribution < 1.29 is 0 Å². The predicted octanol–water partition coefficient (Wildman–Crippen LogP) is 10.1. The summed E-state index contributed by atoms with van der Waals surface area (Å²) in [4.78, 5) is 0. The first-order chi connectivity index (χ1) is 18.3. The molecule has 0 heterocycles. The molecule has 0 amide bonds. The molecule has 0 saturated heterocycles. The van der Waals surface area contributed by atoms with E-state index in [1.54, 1.807) is 0 Å². The van der Waals surface area contributed by atoms with E-state index in [1.807, 2.05) is 0 Å². The molecule has 190 valence electrons. The Morgan fingerprint density at radius 1 is 0.421 bits per heavy atom. The van der Waals surface area contributed by atoms with Crippen LogP contribution in [0.25, 0.3) is 22.3 Å². The van der Waals surface area contributed by atoms with Crippen LogP contribution in [0, 0.1) is 41.5 Å². The van der Waals surface area contributed by atoms with Gasteiger partial charge in [-0.2, -0.15) is 0 Å². The van der Waals surface area contributed by atoms with Crippen molar-refractivity contribution >= 4 is 0 Å². The zero-order valence-electron chi connectivity index (χ0n) is 23.7. The van der Waals surface area contributed by atoms with Crippen LogP contribution >= 0.6 is 0 Å². The van der Waals surface area contributed by atoms with Gasteiger partial charge in [-0.25, -0.2) is 0 Å². The average Bonchev–Trinajstić information content (AvgIpc) is 2.91. The van der Waals surface area contributed by atoms with Gasteiger partial charge in [0.2, 0.25) is 0 Å². The summed E-state index contributed by atoms with van der Waals surface area (Å²) in [5.41, 5.74) is 19.2. The molecule has 5 rings (SSSR count). The lowest BCUT2D eigenvalue weighted by molar-refractivity contribution is 1.09. The Labute approximate surface area is 229 Å². The fraction of sp³-hybridized carbons (Fsp3) is 0.211. The topological polar surface area (TPSA) is 0 Å². The minimum atomic E-state index is 0.898. The largest absolute Gasteiger partial charge is 0.0622 e. The molecule has 5 aromatic rings. The van der Waals surface area contributed by atoms with Gasteiger partial charge >= 0.3 is 0 Å². The first-order valence-corrected chi connectivity index (χ1v) is 13.7. The van der Waals surface area contributed by atoms with E-state index in [-0.39, 0.29) is 0 Å². The molecule has 0 fully saturated rings. The van der Waals surface area contributed by atoms with E-state index in [1.165, 1.54) is 77.9 Å². The van der Waals surface area contributed by atoms with Gasteiger partial charge in [-0.05, 0) is 121 Å². The number of hydrogen-bond donors (Lipinski definition) is 0. The third kappa shape index (κ3) is 5.09. The summed E-state index contributed by atoms with van der Waals surface area (Å²) in [6, 6.07) is 35.8. The molecule has 0 unspecified atom stereocenters. The molecule has 38 heavy (non-hydrogen) atoms. The van der Waals surface area contributed by atoms with E-state index in [9.17, 15) is 0 Å². The first kappa shape index (κ1) is 25.7. The Hall–Kier alpha value is -3.90. The molecule has 0 nitrogen and oxygen atoms in total. The van der Waals surface area contributed by atoms with Crippen LogP contribution < -0.4 is 0 Å². The molecule has 0 aliphatic carbocycles. The lowest BCUT2D eigenvalue weighted by Crippen LogP contribution is -2.08. The van der Waals surface area contributed by atoms with Crippen LogP contribution in [0.15, 0.2) is 97.1 Å². The van der Waals surface area contributed by atoms with Gasteiger partial charge in [-0.3, -0.25) is 0 Å². The number of aryl methyl sites for hydroxylation is 4. The fourth-order valence-corrected chi connectivity index (χ4v) is 5.92. The summed E-state index contributed by atoms with van der Waals surface area (Å²) in [5, 5.41) is 0. The van der Waals surface area contributed by atoms with Crippen molar-refractivity contribution in [3.63, 3.8) is 0 Å². The summed E-state index contributed by atoms with van der Waals surface area (Å²) in [5.74, 6) is 0. The number of rotatable bonds is 6. The molecule has 0 bridgehead atoms. The number of benzene rings is 5. The molecule has 0 heteroatoms. The van der Waals surface area contributed by atoms with Gasteiger partial charge in [0.15, 0.2) is 0 Å². The maximum atomic E-state index is 2.40. The highest BCUT2D eigenvalue weighted by atomic mass is 14.3. The van der Waals surface area contributed by atoms with Crippen molar-refractivity contribution in [2.24, 2.45) is 0 Å². The molecule has 0 atom stereocenters. The van der Waals surface area contributed by atoms with Crippen molar-refractivity contribution in [3.8, 4) is 22.3 Å². The molecule has 0 aliphatic rings. The molecule has 0 aliphatic heterocycles. The van der Waals surface area contributed by atoms with Crippen molar-refractivity contribution in [2.75, 3.05) is 0 Å². The maximum Gasteiger partial charge on any atom is -0.00132 e. The fourth-order valence-electron chi connectivity index (χ4n) is 5.92. The Morgan fingerprint density at radius 3 is 1.58 bits per heavy atom. The van der Waals surface area contributed by atoms with Crippen molar-refractivity contribution in [3.05, 3.63) is 153 Å². The first-order valence-electron chi connectivity index (χ1n) is 13.7. The zero-order chi connectivity index (χ0) is 26.8. The van der Waals surface area contributed by atoms with Crippen LogP contribution in [0.5, 0.6) is 0 Å². The summed E-state index contributed by atoms with van der Waals surface area (Å²) in [7, 11) is 0. The normalized spacial score (nSPS) is 11.1. The van der Waals surface area contributed by atoms with Crippen LogP contribution in [0.4, 0.5) is 0 Å². The lowest BCUT2D eigenvalue weighted by Gasteiger charge is -2.27. The van der Waals surface area contributed by atoms with E-state index >= 15 is 0 Å². The van der Waals surface area contributed by atoms with Crippen LogP contribution in [0.1, 0.15) is 55.6 Å². The van der Waals surface area contributed by atoms with Gasteiger partial charge in [0.1, 0.15) is 0 Å². The van der Waals surface area contributed by atoms with Crippen molar-refractivity contribution in [2.45, 2.75) is 54.4 Å². The molecule has 0 aromatic heterocycles. The van der Waals surface area contributed by atoms with Crippen LogP contribution in [-0.2, 0) is 12.8 Å². The van der Waals surface area contributed by atoms with Gasteiger partial charge in [0, 0.05) is 0 Å². The van der Waals surface area contributed by atoms with Crippen LogP contribution in [0.2, 0.25) is 0 Å². The van der Waals surface area contributed by atoms with Gasteiger partial charge in [0.25, 0.3) is 0 Å². The van der Waals surface area contributed by atoms with Crippen LogP contribution in [-0.4, -0.2) is 0 Å². The molecule has 0 N–H and O–H groups in total. The zero-order valence-corrected chi connectivity index (χ0v) is 23.7. The Bertz CT molecular complexity index is 1590. The highest BCUT2D eigenvalue weighted by molar-refractivity contribution is 5.87. The highest BCUT2D eigenvalue weighted by Crippen LogP contribution is 2.44. The lowest BCUT2D eigenvalue weighted by atomic mass is 9.77. The van der Waals surface area contributed by atoms with Gasteiger partial charge in [-0.1, -0.05) is 108 Å². The second kappa shape index (κ2) is 10.8. The minimum absolute atomic E-state index is 0.898. The summed E-state index contributed by atoms with van der Waals surface area (Å²) < 4.78 is 0. The van der Waals surface area contributed by atoms with Gasteiger partial charge in [0.05, 0.1) is 0 Å².